The van der Waals surface area contributed by atoms with Crippen molar-refractivity contribution < 1.29 is 0 Å². The van der Waals surface area contributed by atoms with Crippen molar-refractivity contribution in [2.45, 2.75) is 26.3 Å². The van der Waals surface area contributed by atoms with Gasteiger partial charge in [0.1, 0.15) is 5.82 Å². The standard InChI is InChI=1S/C12H21N3S/c1-4-13-12-9-11(5-7-14-12)15-10(2)6-8-16-3/h5,7,9-10H,4,6,8H2,1-3H3,(H2,13,14,15). The third-order valence-corrected chi connectivity index (χ3v) is 2.93. The molecule has 0 saturated heterocycles. The molecule has 0 amide bonds. The Balaban J connectivity index is 2.49. The van der Waals surface area contributed by atoms with Crippen LogP contribution < -0.4 is 10.6 Å². The number of nitrogens with zero attached hydrogens (tertiary/aromatic N) is 1. The van der Waals surface area contributed by atoms with Crippen molar-refractivity contribution >= 4 is 23.3 Å². The second-order valence-electron chi connectivity index (χ2n) is 3.79. The quantitative estimate of drug-likeness (QED) is 0.767. The van der Waals surface area contributed by atoms with Crippen molar-refractivity contribution in [3.63, 3.8) is 0 Å². The molecule has 4 heteroatoms. The van der Waals surface area contributed by atoms with Gasteiger partial charge in [0, 0.05) is 30.5 Å². The molecule has 0 radical (unpaired) electrons. The zero-order valence-corrected chi connectivity index (χ0v) is 11.1. The van der Waals surface area contributed by atoms with Crippen molar-refractivity contribution in [3.8, 4) is 0 Å². The van der Waals surface area contributed by atoms with Gasteiger partial charge in [-0.25, -0.2) is 4.98 Å². The van der Waals surface area contributed by atoms with Crippen LogP contribution in [0.1, 0.15) is 20.3 Å². The minimum absolute atomic E-state index is 0.504. The fraction of sp³-hybridized carbons (Fsp3) is 0.583. The molecule has 0 aliphatic rings. The topological polar surface area (TPSA) is 37.0 Å². The molecule has 0 fully saturated rings. The molecule has 1 aromatic rings. The van der Waals surface area contributed by atoms with E-state index in [1.165, 1.54) is 12.2 Å². The summed E-state index contributed by atoms with van der Waals surface area (Å²) in [6.45, 7) is 5.19. The molecular weight excluding hydrogens is 218 g/mol. The third kappa shape index (κ3) is 4.75. The summed E-state index contributed by atoms with van der Waals surface area (Å²) in [4.78, 5) is 4.24. The van der Waals surface area contributed by atoms with Gasteiger partial charge in [-0.3, -0.25) is 0 Å². The number of anilines is 2. The molecule has 16 heavy (non-hydrogen) atoms. The number of thioether (sulfide) groups is 1. The Morgan fingerprint density at radius 1 is 1.50 bits per heavy atom. The summed E-state index contributed by atoms with van der Waals surface area (Å²) in [5, 5.41) is 6.69. The SMILES string of the molecule is CCNc1cc(NC(C)CCSC)ccn1. The highest BCUT2D eigenvalue weighted by atomic mass is 32.2. The van der Waals surface area contributed by atoms with Gasteiger partial charge < -0.3 is 10.6 Å². The third-order valence-electron chi connectivity index (χ3n) is 2.29. The van der Waals surface area contributed by atoms with Gasteiger partial charge in [0.05, 0.1) is 0 Å². The van der Waals surface area contributed by atoms with E-state index in [0.717, 1.165) is 18.1 Å². The second kappa shape index (κ2) is 7.39. The summed E-state index contributed by atoms with van der Waals surface area (Å²) in [5.74, 6) is 2.13. The van der Waals surface area contributed by atoms with E-state index in [4.69, 9.17) is 0 Å². The molecule has 2 N–H and O–H groups in total. The average molecular weight is 239 g/mol. The average Bonchev–Trinajstić information content (AvgIpc) is 2.27. The Bertz CT molecular complexity index is 304. The molecule has 0 aromatic carbocycles. The fourth-order valence-corrected chi connectivity index (χ4v) is 2.04. The van der Waals surface area contributed by atoms with Gasteiger partial charge >= 0.3 is 0 Å². The lowest BCUT2D eigenvalue weighted by atomic mass is 10.2. The maximum Gasteiger partial charge on any atom is 0.127 e. The first-order chi connectivity index (χ1) is 7.76. The van der Waals surface area contributed by atoms with Crippen LogP contribution >= 0.6 is 11.8 Å². The maximum atomic E-state index is 4.24. The van der Waals surface area contributed by atoms with Crippen LogP contribution in [-0.2, 0) is 0 Å². The van der Waals surface area contributed by atoms with Crippen LogP contribution in [0.25, 0.3) is 0 Å². The highest BCUT2D eigenvalue weighted by Crippen LogP contribution is 2.14. The van der Waals surface area contributed by atoms with E-state index in [-0.39, 0.29) is 0 Å². The first kappa shape index (κ1) is 13.2. The summed E-state index contributed by atoms with van der Waals surface area (Å²) in [6, 6.07) is 4.57. The van der Waals surface area contributed by atoms with Crippen LogP contribution in [0, 0.1) is 0 Å². The Morgan fingerprint density at radius 2 is 2.31 bits per heavy atom. The smallest absolute Gasteiger partial charge is 0.127 e. The van der Waals surface area contributed by atoms with Crippen LogP contribution in [0.2, 0.25) is 0 Å². The van der Waals surface area contributed by atoms with E-state index < -0.39 is 0 Å². The van der Waals surface area contributed by atoms with Gasteiger partial charge in [0.15, 0.2) is 0 Å². The molecule has 0 spiro atoms. The zero-order valence-electron chi connectivity index (χ0n) is 10.3. The maximum absolute atomic E-state index is 4.24. The monoisotopic (exact) mass is 239 g/mol. The number of hydrogen-bond acceptors (Lipinski definition) is 4. The second-order valence-corrected chi connectivity index (χ2v) is 4.77. The highest BCUT2D eigenvalue weighted by molar-refractivity contribution is 7.98. The number of aromatic nitrogens is 1. The number of rotatable bonds is 7. The normalized spacial score (nSPS) is 12.2. The fourth-order valence-electron chi connectivity index (χ4n) is 1.45. The number of hydrogen-bond donors (Lipinski definition) is 2. The van der Waals surface area contributed by atoms with E-state index in [9.17, 15) is 0 Å². The molecule has 90 valence electrons. The van der Waals surface area contributed by atoms with Crippen molar-refractivity contribution in [2.75, 3.05) is 29.2 Å². The number of pyridine rings is 1. The largest absolute Gasteiger partial charge is 0.382 e. The van der Waals surface area contributed by atoms with E-state index in [2.05, 4.69) is 41.8 Å². The lowest BCUT2D eigenvalue weighted by molar-refractivity contribution is 0.772. The van der Waals surface area contributed by atoms with Gasteiger partial charge in [0.25, 0.3) is 0 Å². The lowest BCUT2D eigenvalue weighted by Crippen LogP contribution is -2.16. The summed E-state index contributed by atoms with van der Waals surface area (Å²) < 4.78 is 0. The summed E-state index contributed by atoms with van der Waals surface area (Å²) in [7, 11) is 0. The molecule has 1 atom stereocenters. The molecule has 0 aliphatic heterocycles. The molecule has 1 heterocycles. The molecular formula is C12H21N3S. The Labute approximate surface area is 102 Å². The predicted molar refractivity (Wildman–Crippen MR) is 74.5 cm³/mol. The van der Waals surface area contributed by atoms with Crippen molar-refractivity contribution in [2.24, 2.45) is 0 Å². The Hall–Kier alpha value is -0.900. The zero-order chi connectivity index (χ0) is 11.8. The van der Waals surface area contributed by atoms with Crippen molar-refractivity contribution in [3.05, 3.63) is 18.3 Å². The molecule has 1 rings (SSSR count). The van der Waals surface area contributed by atoms with Gasteiger partial charge in [-0.05, 0) is 38.3 Å². The minimum Gasteiger partial charge on any atom is -0.382 e. The van der Waals surface area contributed by atoms with Gasteiger partial charge in [-0.15, -0.1) is 0 Å². The summed E-state index contributed by atoms with van der Waals surface area (Å²) in [6.07, 6.45) is 5.16. The first-order valence-electron chi connectivity index (χ1n) is 5.71. The Kier molecular flexibility index (Phi) is 6.08. The number of nitrogens with one attached hydrogen (secondary N) is 2. The van der Waals surface area contributed by atoms with E-state index in [1.807, 2.05) is 24.0 Å². The van der Waals surface area contributed by atoms with Crippen LogP contribution in [-0.4, -0.2) is 29.6 Å². The predicted octanol–water partition coefficient (Wildman–Crippen LogP) is 3.07. The van der Waals surface area contributed by atoms with Crippen LogP contribution in [0.5, 0.6) is 0 Å². The molecule has 0 aliphatic carbocycles. The van der Waals surface area contributed by atoms with Crippen LogP contribution in [0.15, 0.2) is 18.3 Å². The summed E-state index contributed by atoms with van der Waals surface area (Å²) in [5.41, 5.74) is 1.14. The lowest BCUT2D eigenvalue weighted by Gasteiger charge is -2.15. The first-order valence-corrected chi connectivity index (χ1v) is 7.11. The van der Waals surface area contributed by atoms with Crippen molar-refractivity contribution in [1.82, 2.24) is 4.98 Å². The highest BCUT2D eigenvalue weighted by Gasteiger charge is 2.02. The van der Waals surface area contributed by atoms with Crippen molar-refractivity contribution in [1.29, 1.82) is 0 Å². The van der Waals surface area contributed by atoms with Gasteiger partial charge in [-0.2, -0.15) is 11.8 Å². The molecule has 0 saturated carbocycles. The molecule has 1 aromatic heterocycles. The summed E-state index contributed by atoms with van der Waals surface area (Å²) >= 11 is 1.89. The van der Waals surface area contributed by atoms with Crippen LogP contribution in [0.3, 0.4) is 0 Å². The van der Waals surface area contributed by atoms with Gasteiger partial charge in [-0.1, -0.05) is 0 Å². The van der Waals surface area contributed by atoms with E-state index in [0.29, 0.717) is 6.04 Å². The molecule has 0 bridgehead atoms. The van der Waals surface area contributed by atoms with E-state index in [1.54, 1.807) is 0 Å². The van der Waals surface area contributed by atoms with E-state index >= 15 is 0 Å². The van der Waals surface area contributed by atoms with Crippen LogP contribution in [0.4, 0.5) is 11.5 Å². The molecule has 1 unspecified atom stereocenters. The van der Waals surface area contributed by atoms with Gasteiger partial charge in [0.2, 0.25) is 0 Å². The molecule has 3 nitrogen and oxygen atoms in total. The minimum atomic E-state index is 0.504. The Morgan fingerprint density at radius 3 is 3.00 bits per heavy atom.